The van der Waals surface area contributed by atoms with Gasteiger partial charge in [0.2, 0.25) is 5.91 Å². The van der Waals surface area contributed by atoms with Crippen LogP contribution in [-0.2, 0) is 9.53 Å². The monoisotopic (exact) mass is 407 g/mol. The van der Waals surface area contributed by atoms with Crippen molar-refractivity contribution in [1.29, 1.82) is 0 Å². The van der Waals surface area contributed by atoms with Gasteiger partial charge in [-0.3, -0.25) is 4.79 Å². The second kappa shape index (κ2) is 9.14. The molecule has 3 amide bonds. The maximum Gasteiger partial charge on any atom is 0.321 e. The number of urea groups is 1. The van der Waals surface area contributed by atoms with Crippen LogP contribution in [0.2, 0.25) is 5.02 Å². The second-order valence-corrected chi connectivity index (χ2v) is 8.44. The van der Waals surface area contributed by atoms with Crippen LogP contribution in [0.15, 0.2) is 18.2 Å². The number of likely N-dealkylation sites (tertiary alicyclic amines) is 2. The third-order valence-electron chi connectivity index (χ3n) is 6.25. The van der Waals surface area contributed by atoms with E-state index in [0.29, 0.717) is 24.6 Å². The Morgan fingerprint density at radius 1 is 1.21 bits per heavy atom. The van der Waals surface area contributed by atoms with Gasteiger partial charge in [-0.25, -0.2) is 4.79 Å². The zero-order chi connectivity index (χ0) is 20.1. The minimum absolute atomic E-state index is 0.0772. The van der Waals surface area contributed by atoms with Gasteiger partial charge in [0.15, 0.2) is 0 Å². The lowest BCUT2D eigenvalue weighted by Gasteiger charge is -2.41. The number of anilines is 1. The molecule has 0 atom stereocenters. The van der Waals surface area contributed by atoms with Gasteiger partial charge in [-0.05, 0) is 55.7 Å². The number of hydrogen-bond donors (Lipinski definition) is 1. The molecule has 154 valence electrons. The molecule has 0 radical (unpaired) electrons. The predicted molar refractivity (Wildman–Crippen MR) is 111 cm³/mol. The number of rotatable bonds is 4. The van der Waals surface area contributed by atoms with E-state index >= 15 is 0 Å². The summed E-state index contributed by atoms with van der Waals surface area (Å²) in [7, 11) is 1.66. The van der Waals surface area contributed by atoms with Crippen molar-refractivity contribution in [3.8, 4) is 0 Å². The van der Waals surface area contributed by atoms with E-state index < -0.39 is 0 Å². The van der Waals surface area contributed by atoms with E-state index in [2.05, 4.69) is 5.32 Å². The molecule has 6 nitrogen and oxygen atoms in total. The molecule has 0 saturated carbocycles. The standard InChI is InChI=1S/C21H30ClN3O3/c1-16-3-4-17(22)15-18(16)23-20(27)25-11-8-21(9-12-25)6-5-19(26)24(10-7-21)13-14-28-2/h3-4,15H,5-14H2,1-2H3,(H,23,27). The number of ether oxygens (including phenoxy) is 1. The van der Waals surface area contributed by atoms with Gasteiger partial charge in [-0.15, -0.1) is 0 Å². The van der Waals surface area contributed by atoms with Crippen molar-refractivity contribution in [2.24, 2.45) is 5.41 Å². The smallest absolute Gasteiger partial charge is 0.321 e. The Kier molecular flexibility index (Phi) is 6.83. The lowest BCUT2D eigenvalue weighted by molar-refractivity contribution is -0.131. The third-order valence-corrected chi connectivity index (χ3v) is 6.49. The number of carbonyl (C=O) groups excluding carboxylic acids is 2. The van der Waals surface area contributed by atoms with E-state index in [-0.39, 0.29) is 17.4 Å². The van der Waals surface area contributed by atoms with Crippen LogP contribution in [0.4, 0.5) is 10.5 Å². The van der Waals surface area contributed by atoms with E-state index in [1.165, 1.54) is 0 Å². The predicted octanol–water partition coefficient (Wildman–Crippen LogP) is 3.92. The second-order valence-electron chi connectivity index (χ2n) is 8.00. The molecule has 3 rings (SSSR count). The van der Waals surface area contributed by atoms with E-state index in [4.69, 9.17) is 16.3 Å². The van der Waals surface area contributed by atoms with Crippen molar-refractivity contribution in [1.82, 2.24) is 9.80 Å². The van der Waals surface area contributed by atoms with E-state index in [0.717, 1.165) is 56.6 Å². The van der Waals surface area contributed by atoms with E-state index in [1.54, 1.807) is 13.2 Å². The maximum absolute atomic E-state index is 12.7. The first-order chi connectivity index (χ1) is 13.4. The SMILES string of the molecule is COCCN1CCC2(CCC1=O)CCN(C(=O)Nc1cc(Cl)ccc1C)CC2. The van der Waals surface area contributed by atoms with Crippen LogP contribution in [-0.4, -0.2) is 61.6 Å². The summed E-state index contributed by atoms with van der Waals surface area (Å²) in [5, 5.41) is 3.60. The summed E-state index contributed by atoms with van der Waals surface area (Å²) in [5.74, 6) is 0.227. The largest absolute Gasteiger partial charge is 0.383 e. The van der Waals surface area contributed by atoms with E-state index in [1.807, 2.05) is 28.9 Å². The van der Waals surface area contributed by atoms with E-state index in [9.17, 15) is 9.59 Å². The van der Waals surface area contributed by atoms with Crippen LogP contribution in [0.3, 0.4) is 0 Å². The van der Waals surface area contributed by atoms with Crippen LogP contribution in [0.1, 0.15) is 37.7 Å². The first kappa shape index (κ1) is 20.9. The van der Waals surface area contributed by atoms with Crippen LogP contribution < -0.4 is 5.32 Å². The van der Waals surface area contributed by atoms with Gasteiger partial charge < -0.3 is 19.9 Å². The van der Waals surface area contributed by atoms with Crippen molar-refractivity contribution < 1.29 is 14.3 Å². The molecule has 7 heteroatoms. The average Bonchev–Trinajstić information content (AvgIpc) is 2.83. The summed E-state index contributed by atoms with van der Waals surface area (Å²) in [6.07, 6.45) is 4.40. The van der Waals surface area contributed by atoms with Gasteiger partial charge in [-0.1, -0.05) is 17.7 Å². The molecule has 2 heterocycles. The van der Waals surface area contributed by atoms with Gasteiger partial charge in [-0.2, -0.15) is 0 Å². The maximum atomic E-state index is 12.7. The topological polar surface area (TPSA) is 61.9 Å². The highest BCUT2D eigenvalue weighted by Gasteiger charge is 2.38. The zero-order valence-electron chi connectivity index (χ0n) is 16.8. The Hall–Kier alpha value is -1.79. The molecule has 1 spiro atoms. The van der Waals surface area contributed by atoms with Crippen LogP contribution in [0.25, 0.3) is 0 Å². The van der Waals surface area contributed by atoms with Crippen LogP contribution >= 0.6 is 11.6 Å². The Morgan fingerprint density at radius 2 is 1.93 bits per heavy atom. The summed E-state index contributed by atoms with van der Waals surface area (Å²) in [4.78, 5) is 28.9. The summed E-state index contributed by atoms with van der Waals surface area (Å²) in [6, 6.07) is 5.43. The Morgan fingerprint density at radius 3 is 2.64 bits per heavy atom. The summed E-state index contributed by atoms with van der Waals surface area (Å²) in [5.41, 5.74) is 1.91. The molecule has 2 fully saturated rings. The molecule has 1 aromatic carbocycles. The molecular weight excluding hydrogens is 378 g/mol. The number of halogens is 1. The molecule has 2 saturated heterocycles. The number of benzene rings is 1. The number of methoxy groups -OCH3 is 1. The first-order valence-electron chi connectivity index (χ1n) is 10.0. The molecule has 0 aliphatic carbocycles. The summed E-state index contributed by atoms with van der Waals surface area (Å²) < 4.78 is 5.12. The highest BCUT2D eigenvalue weighted by molar-refractivity contribution is 6.31. The fraction of sp³-hybridized carbons (Fsp3) is 0.619. The Bertz CT molecular complexity index is 717. The summed E-state index contributed by atoms with van der Waals surface area (Å²) in [6.45, 7) is 5.43. The third kappa shape index (κ3) is 4.97. The normalized spacial score (nSPS) is 19.6. The van der Waals surface area contributed by atoms with Crippen molar-refractivity contribution in [2.75, 3.05) is 45.2 Å². The van der Waals surface area contributed by atoms with Gasteiger partial charge >= 0.3 is 6.03 Å². The fourth-order valence-corrected chi connectivity index (χ4v) is 4.37. The molecule has 2 aliphatic rings. The van der Waals surface area contributed by atoms with Gasteiger partial charge in [0, 0.05) is 50.4 Å². The average molecular weight is 408 g/mol. The lowest BCUT2D eigenvalue weighted by atomic mass is 9.73. The van der Waals surface area contributed by atoms with Gasteiger partial charge in [0.25, 0.3) is 0 Å². The van der Waals surface area contributed by atoms with Gasteiger partial charge in [0.05, 0.1) is 6.61 Å². The highest BCUT2D eigenvalue weighted by atomic mass is 35.5. The number of aryl methyl sites for hydroxylation is 1. The number of piperidine rings is 1. The molecule has 0 bridgehead atoms. The molecular formula is C21H30ClN3O3. The van der Waals surface area contributed by atoms with Crippen molar-refractivity contribution >= 4 is 29.2 Å². The number of nitrogens with zero attached hydrogens (tertiary/aromatic N) is 2. The minimum Gasteiger partial charge on any atom is -0.383 e. The number of amides is 3. The minimum atomic E-state index is -0.0772. The molecule has 28 heavy (non-hydrogen) atoms. The van der Waals surface area contributed by atoms with Crippen LogP contribution in [0, 0.1) is 12.3 Å². The molecule has 0 unspecified atom stereocenters. The fourth-order valence-electron chi connectivity index (χ4n) is 4.20. The zero-order valence-corrected chi connectivity index (χ0v) is 17.6. The van der Waals surface area contributed by atoms with Crippen LogP contribution in [0.5, 0.6) is 0 Å². The number of nitrogens with one attached hydrogen (secondary N) is 1. The first-order valence-corrected chi connectivity index (χ1v) is 10.4. The van der Waals surface area contributed by atoms with Crippen molar-refractivity contribution in [3.05, 3.63) is 28.8 Å². The summed E-state index contributed by atoms with van der Waals surface area (Å²) >= 11 is 6.05. The molecule has 1 aromatic rings. The quantitative estimate of drug-likeness (QED) is 0.822. The molecule has 2 aliphatic heterocycles. The number of carbonyl (C=O) groups is 2. The Balaban J connectivity index is 1.55. The molecule has 1 N–H and O–H groups in total. The van der Waals surface area contributed by atoms with Gasteiger partial charge in [0.1, 0.15) is 0 Å². The highest BCUT2D eigenvalue weighted by Crippen LogP contribution is 2.41. The van der Waals surface area contributed by atoms with Crippen molar-refractivity contribution in [3.63, 3.8) is 0 Å². The lowest BCUT2D eigenvalue weighted by Crippen LogP contribution is -2.45. The molecule has 0 aromatic heterocycles. The Labute approximate surface area is 172 Å². The van der Waals surface area contributed by atoms with Crippen molar-refractivity contribution in [2.45, 2.75) is 39.0 Å². The number of hydrogen-bond acceptors (Lipinski definition) is 3.